The van der Waals surface area contributed by atoms with Crippen LogP contribution in [0, 0.1) is 6.92 Å². The predicted molar refractivity (Wildman–Crippen MR) is 78.3 cm³/mol. The van der Waals surface area contributed by atoms with Crippen LogP contribution in [0.25, 0.3) is 0 Å². The summed E-state index contributed by atoms with van der Waals surface area (Å²) in [6.45, 7) is 6.04. The molecule has 0 aliphatic carbocycles. The zero-order chi connectivity index (χ0) is 14.7. The molecule has 20 heavy (non-hydrogen) atoms. The van der Waals surface area contributed by atoms with E-state index in [9.17, 15) is 0 Å². The lowest BCUT2D eigenvalue weighted by atomic mass is 10.1. The molecule has 1 heterocycles. The fourth-order valence-corrected chi connectivity index (χ4v) is 1.98. The van der Waals surface area contributed by atoms with Crippen molar-refractivity contribution < 1.29 is 9.47 Å². The minimum Gasteiger partial charge on any atom is -0.493 e. The van der Waals surface area contributed by atoms with Crippen LogP contribution in [0.15, 0.2) is 24.5 Å². The minimum absolute atomic E-state index is 0.169. The average molecular weight is 273 g/mol. The van der Waals surface area contributed by atoms with E-state index >= 15 is 0 Å². The van der Waals surface area contributed by atoms with Crippen LogP contribution in [0.2, 0.25) is 0 Å². The molecule has 0 spiro atoms. The van der Waals surface area contributed by atoms with Gasteiger partial charge in [0.25, 0.3) is 0 Å². The SMILES string of the molecule is COc1cc(C)ccc1Oc1ncnc(N)c1C(C)C. The number of benzene rings is 1. The lowest BCUT2D eigenvalue weighted by Gasteiger charge is -2.15. The number of ether oxygens (including phenoxy) is 2. The second kappa shape index (κ2) is 5.77. The van der Waals surface area contributed by atoms with Crippen molar-refractivity contribution in [3.8, 4) is 17.4 Å². The highest BCUT2D eigenvalue weighted by atomic mass is 16.5. The molecule has 0 saturated heterocycles. The Bertz CT molecular complexity index is 612. The summed E-state index contributed by atoms with van der Waals surface area (Å²) in [5.41, 5.74) is 7.81. The van der Waals surface area contributed by atoms with Gasteiger partial charge in [-0.2, -0.15) is 0 Å². The summed E-state index contributed by atoms with van der Waals surface area (Å²) in [7, 11) is 1.61. The maximum Gasteiger partial charge on any atom is 0.228 e. The highest BCUT2D eigenvalue weighted by molar-refractivity contribution is 5.50. The van der Waals surface area contributed by atoms with Crippen molar-refractivity contribution in [2.24, 2.45) is 0 Å². The van der Waals surface area contributed by atoms with Crippen LogP contribution in [-0.2, 0) is 0 Å². The van der Waals surface area contributed by atoms with Gasteiger partial charge in [-0.1, -0.05) is 19.9 Å². The normalized spacial score (nSPS) is 10.7. The first-order valence-corrected chi connectivity index (χ1v) is 6.45. The fourth-order valence-electron chi connectivity index (χ4n) is 1.98. The van der Waals surface area contributed by atoms with Crippen molar-refractivity contribution in [1.29, 1.82) is 0 Å². The minimum atomic E-state index is 0.169. The number of nitrogens with two attached hydrogens (primary N) is 1. The first-order chi connectivity index (χ1) is 9.52. The molecular formula is C15H19N3O2. The molecule has 1 aromatic heterocycles. The first kappa shape index (κ1) is 14.1. The number of nitrogens with zero attached hydrogens (tertiary/aromatic N) is 2. The number of nitrogen functional groups attached to an aromatic ring is 1. The number of rotatable bonds is 4. The van der Waals surface area contributed by atoms with Gasteiger partial charge in [-0.05, 0) is 30.5 Å². The molecule has 0 aliphatic heterocycles. The van der Waals surface area contributed by atoms with Gasteiger partial charge in [0.2, 0.25) is 5.88 Å². The van der Waals surface area contributed by atoms with E-state index in [0.29, 0.717) is 23.2 Å². The van der Waals surface area contributed by atoms with Gasteiger partial charge < -0.3 is 15.2 Å². The number of hydrogen-bond donors (Lipinski definition) is 1. The lowest BCUT2D eigenvalue weighted by Crippen LogP contribution is -2.04. The molecule has 0 aliphatic rings. The molecule has 0 atom stereocenters. The molecule has 106 valence electrons. The summed E-state index contributed by atoms with van der Waals surface area (Å²) < 4.78 is 11.2. The Hall–Kier alpha value is -2.30. The molecule has 0 fully saturated rings. The highest BCUT2D eigenvalue weighted by Gasteiger charge is 2.16. The zero-order valence-corrected chi connectivity index (χ0v) is 12.2. The summed E-state index contributed by atoms with van der Waals surface area (Å²) in [6, 6.07) is 5.73. The van der Waals surface area contributed by atoms with E-state index in [4.69, 9.17) is 15.2 Å². The Kier molecular flexibility index (Phi) is 4.08. The van der Waals surface area contributed by atoms with Gasteiger partial charge >= 0.3 is 0 Å². The highest BCUT2D eigenvalue weighted by Crippen LogP contribution is 2.36. The molecular weight excluding hydrogens is 254 g/mol. The summed E-state index contributed by atoms with van der Waals surface area (Å²) in [5, 5.41) is 0. The van der Waals surface area contributed by atoms with Gasteiger partial charge in [0.15, 0.2) is 11.5 Å². The third-order valence-electron chi connectivity index (χ3n) is 2.98. The van der Waals surface area contributed by atoms with Crippen molar-refractivity contribution in [3.63, 3.8) is 0 Å². The monoisotopic (exact) mass is 273 g/mol. The molecule has 0 saturated carbocycles. The topological polar surface area (TPSA) is 70.3 Å². The maximum absolute atomic E-state index is 5.91. The molecule has 2 N–H and O–H groups in total. The van der Waals surface area contributed by atoms with Gasteiger partial charge in [-0.15, -0.1) is 0 Å². The molecule has 5 heteroatoms. The maximum atomic E-state index is 5.91. The molecule has 1 aromatic carbocycles. The summed E-state index contributed by atoms with van der Waals surface area (Å²) in [5.74, 6) is 2.35. The van der Waals surface area contributed by atoms with Crippen LogP contribution in [0.4, 0.5) is 5.82 Å². The number of aromatic nitrogens is 2. The largest absolute Gasteiger partial charge is 0.493 e. The Morgan fingerprint density at radius 3 is 2.55 bits per heavy atom. The third kappa shape index (κ3) is 2.82. The molecule has 0 unspecified atom stereocenters. The Labute approximate surface area is 118 Å². The van der Waals surface area contributed by atoms with E-state index < -0.39 is 0 Å². The van der Waals surface area contributed by atoms with Crippen molar-refractivity contribution in [1.82, 2.24) is 9.97 Å². The van der Waals surface area contributed by atoms with Crippen LogP contribution < -0.4 is 15.2 Å². The van der Waals surface area contributed by atoms with E-state index in [1.807, 2.05) is 39.0 Å². The number of anilines is 1. The van der Waals surface area contributed by atoms with Crippen molar-refractivity contribution >= 4 is 5.82 Å². The molecule has 0 radical (unpaired) electrons. The van der Waals surface area contributed by atoms with Gasteiger partial charge in [0.1, 0.15) is 12.1 Å². The second-order valence-corrected chi connectivity index (χ2v) is 4.89. The number of hydrogen-bond acceptors (Lipinski definition) is 5. The molecule has 0 bridgehead atoms. The van der Waals surface area contributed by atoms with Crippen LogP contribution in [0.1, 0.15) is 30.9 Å². The van der Waals surface area contributed by atoms with E-state index in [2.05, 4.69) is 9.97 Å². The third-order valence-corrected chi connectivity index (χ3v) is 2.98. The summed E-state index contributed by atoms with van der Waals surface area (Å²) >= 11 is 0. The van der Waals surface area contributed by atoms with Crippen LogP contribution >= 0.6 is 0 Å². The molecule has 5 nitrogen and oxygen atoms in total. The van der Waals surface area contributed by atoms with E-state index in [-0.39, 0.29) is 5.92 Å². The summed E-state index contributed by atoms with van der Waals surface area (Å²) in [6.07, 6.45) is 1.40. The van der Waals surface area contributed by atoms with Crippen molar-refractivity contribution in [3.05, 3.63) is 35.7 Å². The van der Waals surface area contributed by atoms with Gasteiger partial charge in [-0.3, -0.25) is 0 Å². The van der Waals surface area contributed by atoms with Crippen LogP contribution in [0.3, 0.4) is 0 Å². The van der Waals surface area contributed by atoms with E-state index in [1.165, 1.54) is 6.33 Å². The average Bonchev–Trinajstić information content (AvgIpc) is 2.40. The summed E-state index contributed by atoms with van der Waals surface area (Å²) in [4.78, 5) is 8.20. The lowest BCUT2D eigenvalue weighted by molar-refractivity contribution is 0.371. The van der Waals surface area contributed by atoms with E-state index in [0.717, 1.165) is 11.1 Å². The van der Waals surface area contributed by atoms with Gasteiger partial charge in [0, 0.05) is 0 Å². The molecule has 2 rings (SSSR count). The van der Waals surface area contributed by atoms with Crippen molar-refractivity contribution in [2.45, 2.75) is 26.7 Å². The number of aryl methyl sites for hydroxylation is 1. The Morgan fingerprint density at radius 2 is 1.90 bits per heavy atom. The molecule has 2 aromatic rings. The number of methoxy groups -OCH3 is 1. The second-order valence-electron chi connectivity index (χ2n) is 4.89. The van der Waals surface area contributed by atoms with Crippen LogP contribution in [0.5, 0.6) is 17.4 Å². The van der Waals surface area contributed by atoms with Crippen LogP contribution in [-0.4, -0.2) is 17.1 Å². The van der Waals surface area contributed by atoms with Gasteiger partial charge in [-0.25, -0.2) is 9.97 Å². The predicted octanol–water partition coefficient (Wildman–Crippen LogP) is 3.29. The Morgan fingerprint density at radius 1 is 1.15 bits per heavy atom. The van der Waals surface area contributed by atoms with Crippen molar-refractivity contribution in [2.75, 3.05) is 12.8 Å². The fraction of sp³-hybridized carbons (Fsp3) is 0.333. The van der Waals surface area contributed by atoms with Gasteiger partial charge in [0.05, 0.1) is 12.7 Å². The first-order valence-electron chi connectivity index (χ1n) is 6.45. The zero-order valence-electron chi connectivity index (χ0n) is 12.2. The standard InChI is InChI=1S/C15H19N3O2/c1-9(2)13-14(16)17-8-18-15(13)20-11-6-5-10(3)7-12(11)19-4/h5-9H,1-4H3,(H2,16,17,18). The van der Waals surface area contributed by atoms with E-state index in [1.54, 1.807) is 7.11 Å². The smallest absolute Gasteiger partial charge is 0.228 e. The Balaban J connectivity index is 2.43. The molecule has 0 amide bonds. The quantitative estimate of drug-likeness (QED) is 0.925.